The SMILES string of the molecule is CC(C)(C)[Si](C)(C)OCc1cc(CO[Si](C)(C)C(C)(C)C)c2c(c1)C(=O)CC2. The summed E-state index contributed by atoms with van der Waals surface area (Å²) in [6.45, 7) is 23.8. The van der Waals surface area contributed by atoms with Gasteiger partial charge in [0.2, 0.25) is 0 Å². The molecule has 0 spiro atoms. The third-order valence-corrected chi connectivity index (χ3v) is 16.1. The minimum absolute atomic E-state index is 0.174. The molecule has 1 aliphatic carbocycles. The van der Waals surface area contributed by atoms with Crippen LogP contribution in [-0.2, 0) is 28.5 Å². The monoisotopic (exact) mass is 420 g/mol. The van der Waals surface area contributed by atoms with Crippen molar-refractivity contribution >= 4 is 22.4 Å². The van der Waals surface area contributed by atoms with Crippen molar-refractivity contribution in [2.75, 3.05) is 0 Å². The third kappa shape index (κ3) is 5.04. The molecule has 28 heavy (non-hydrogen) atoms. The highest BCUT2D eigenvalue weighted by atomic mass is 28.4. The van der Waals surface area contributed by atoms with Gasteiger partial charge in [-0.3, -0.25) is 4.79 Å². The Balaban J connectivity index is 2.27. The van der Waals surface area contributed by atoms with E-state index in [9.17, 15) is 4.79 Å². The number of hydrogen-bond acceptors (Lipinski definition) is 3. The van der Waals surface area contributed by atoms with Crippen molar-refractivity contribution in [2.45, 2.75) is 104 Å². The van der Waals surface area contributed by atoms with Crippen LogP contribution in [0.3, 0.4) is 0 Å². The second kappa shape index (κ2) is 7.82. The summed E-state index contributed by atoms with van der Waals surface area (Å²) in [4.78, 5) is 12.4. The second-order valence-corrected chi connectivity index (χ2v) is 20.9. The number of carbonyl (C=O) groups excluding carboxylic acids is 1. The fraction of sp³-hybridized carbons (Fsp3) is 0.696. The van der Waals surface area contributed by atoms with Crippen LogP contribution in [0.15, 0.2) is 12.1 Å². The van der Waals surface area contributed by atoms with Crippen LogP contribution in [0.2, 0.25) is 36.3 Å². The fourth-order valence-corrected chi connectivity index (χ4v) is 4.79. The van der Waals surface area contributed by atoms with Gasteiger partial charge in [-0.25, -0.2) is 0 Å². The molecule has 1 aliphatic rings. The lowest BCUT2D eigenvalue weighted by atomic mass is 10.00. The molecule has 0 unspecified atom stereocenters. The van der Waals surface area contributed by atoms with Gasteiger partial charge in [-0.15, -0.1) is 0 Å². The average Bonchev–Trinajstić information content (AvgIpc) is 2.90. The molecule has 0 aromatic heterocycles. The topological polar surface area (TPSA) is 35.5 Å². The molecule has 0 N–H and O–H groups in total. The van der Waals surface area contributed by atoms with Crippen LogP contribution in [0.4, 0.5) is 0 Å². The molecule has 1 aromatic rings. The van der Waals surface area contributed by atoms with Gasteiger partial charge in [-0.05, 0) is 65.4 Å². The summed E-state index contributed by atoms with van der Waals surface area (Å²) in [5, 5.41) is 0.350. The molecule has 0 aliphatic heterocycles. The summed E-state index contributed by atoms with van der Waals surface area (Å²) in [6.07, 6.45) is 1.46. The Labute approximate surface area is 174 Å². The van der Waals surface area contributed by atoms with Gasteiger partial charge in [0.25, 0.3) is 0 Å². The van der Waals surface area contributed by atoms with Gasteiger partial charge in [0, 0.05) is 12.0 Å². The predicted octanol–water partition coefficient (Wildman–Crippen LogP) is 6.86. The molecule has 0 fully saturated rings. The summed E-state index contributed by atoms with van der Waals surface area (Å²) in [5.41, 5.74) is 4.37. The van der Waals surface area contributed by atoms with Crippen LogP contribution in [-0.4, -0.2) is 22.4 Å². The van der Waals surface area contributed by atoms with Gasteiger partial charge in [0.15, 0.2) is 22.4 Å². The predicted molar refractivity (Wildman–Crippen MR) is 123 cm³/mol. The smallest absolute Gasteiger partial charge is 0.192 e. The molecule has 0 amide bonds. The van der Waals surface area contributed by atoms with Gasteiger partial charge in [0.1, 0.15) is 0 Å². The Hall–Kier alpha value is -0.756. The number of ketones is 1. The molecule has 0 bridgehead atoms. The van der Waals surface area contributed by atoms with Crippen LogP contribution in [0.25, 0.3) is 0 Å². The van der Waals surface area contributed by atoms with E-state index in [1.54, 1.807) is 0 Å². The molecule has 1 aromatic carbocycles. The van der Waals surface area contributed by atoms with Crippen LogP contribution in [0, 0.1) is 0 Å². The first-order chi connectivity index (χ1) is 12.6. The van der Waals surface area contributed by atoms with Crippen molar-refractivity contribution in [2.24, 2.45) is 0 Å². The summed E-state index contributed by atoms with van der Waals surface area (Å²) in [7, 11) is -3.67. The molecular formula is C23H40O3Si2. The minimum Gasteiger partial charge on any atom is -0.413 e. The molecule has 0 saturated heterocycles. The van der Waals surface area contributed by atoms with Crippen molar-refractivity contribution in [3.05, 3.63) is 34.4 Å². The number of benzene rings is 1. The maximum atomic E-state index is 12.4. The molecule has 3 nitrogen and oxygen atoms in total. The number of hydrogen-bond donors (Lipinski definition) is 0. The van der Waals surface area contributed by atoms with E-state index in [0.717, 1.165) is 17.5 Å². The molecular weight excluding hydrogens is 380 g/mol. The first kappa shape index (κ1) is 23.5. The van der Waals surface area contributed by atoms with Crippen molar-refractivity contribution in [1.82, 2.24) is 0 Å². The zero-order valence-corrected chi connectivity index (χ0v) is 21.7. The maximum absolute atomic E-state index is 12.4. The second-order valence-electron chi connectivity index (χ2n) is 11.3. The largest absolute Gasteiger partial charge is 0.413 e. The lowest BCUT2D eigenvalue weighted by molar-refractivity contribution is 0.0994. The standard InChI is InChI=1S/C23H40O3Si2/c1-22(2,3)27(7,8)25-15-17-13-18(16-26-28(9,10)23(4,5)6)19-11-12-21(24)20(19)14-17/h13-14H,11-12,15-16H2,1-10H3. The molecule has 158 valence electrons. The lowest BCUT2D eigenvalue weighted by Crippen LogP contribution is -2.40. The van der Waals surface area contributed by atoms with Crippen LogP contribution >= 0.6 is 0 Å². The van der Waals surface area contributed by atoms with E-state index in [1.165, 1.54) is 11.1 Å². The zero-order chi connectivity index (χ0) is 21.5. The molecule has 2 rings (SSSR count). The highest BCUT2D eigenvalue weighted by molar-refractivity contribution is 6.74. The van der Waals surface area contributed by atoms with Crippen LogP contribution < -0.4 is 0 Å². The Morgan fingerprint density at radius 1 is 0.821 bits per heavy atom. The molecule has 0 radical (unpaired) electrons. The highest BCUT2D eigenvalue weighted by Crippen LogP contribution is 2.39. The van der Waals surface area contributed by atoms with Gasteiger partial charge in [0.05, 0.1) is 13.2 Å². The van der Waals surface area contributed by atoms with E-state index in [2.05, 4.69) is 79.9 Å². The third-order valence-electron chi connectivity index (χ3n) is 7.11. The maximum Gasteiger partial charge on any atom is 0.192 e. The summed E-state index contributed by atoms with van der Waals surface area (Å²) in [5.74, 6) is 0.262. The number of Topliss-reactive ketones (excluding diaryl/α,β-unsaturated/α-hetero) is 1. The Bertz CT molecular complexity index is 737. The Morgan fingerprint density at radius 2 is 1.32 bits per heavy atom. The number of fused-ring (bicyclic) bond motifs is 1. The van der Waals surface area contributed by atoms with E-state index in [-0.39, 0.29) is 15.9 Å². The average molecular weight is 421 g/mol. The normalized spacial score (nSPS) is 15.9. The fourth-order valence-electron chi connectivity index (χ4n) is 2.88. The Morgan fingerprint density at radius 3 is 1.82 bits per heavy atom. The van der Waals surface area contributed by atoms with Crippen molar-refractivity contribution < 1.29 is 13.6 Å². The molecule has 5 heteroatoms. The van der Waals surface area contributed by atoms with E-state index in [0.29, 0.717) is 19.6 Å². The Kier molecular flexibility index (Phi) is 6.57. The van der Waals surface area contributed by atoms with Gasteiger partial charge < -0.3 is 8.85 Å². The van der Waals surface area contributed by atoms with Crippen molar-refractivity contribution in [3.63, 3.8) is 0 Å². The quantitative estimate of drug-likeness (QED) is 0.472. The number of rotatable bonds is 6. The van der Waals surface area contributed by atoms with Crippen molar-refractivity contribution in [1.29, 1.82) is 0 Å². The van der Waals surface area contributed by atoms with Crippen molar-refractivity contribution in [3.8, 4) is 0 Å². The lowest BCUT2D eigenvalue weighted by Gasteiger charge is -2.37. The summed E-state index contributed by atoms with van der Waals surface area (Å²) in [6, 6.07) is 4.28. The summed E-state index contributed by atoms with van der Waals surface area (Å²) >= 11 is 0. The minimum atomic E-state index is -1.84. The van der Waals surface area contributed by atoms with Gasteiger partial charge in [-0.2, -0.15) is 0 Å². The highest BCUT2D eigenvalue weighted by Gasteiger charge is 2.38. The van der Waals surface area contributed by atoms with Crippen LogP contribution in [0.1, 0.15) is 75.0 Å². The zero-order valence-electron chi connectivity index (χ0n) is 19.7. The van der Waals surface area contributed by atoms with Gasteiger partial charge >= 0.3 is 0 Å². The molecule has 0 saturated carbocycles. The molecule has 0 atom stereocenters. The van der Waals surface area contributed by atoms with E-state index < -0.39 is 16.6 Å². The van der Waals surface area contributed by atoms with E-state index in [4.69, 9.17) is 8.85 Å². The summed E-state index contributed by atoms with van der Waals surface area (Å²) < 4.78 is 12.9. The van der Waals surface area contributed by atoms with E-state index in [1.807, 2.05) is 0 Å². The first-order valence-electron chi connectivity index (χ1n) is 10.5. The van der Waals surface area contributed by atoms with Crippen LogP contribution in [0.5, 0.6) is 0 Å². The van der Waals surface area contributed by atoms with Gasteiger partial charge in [-0.1, -0.05) is 47.6 Å². The first-order valence-corrected chi connectivity index (χ1v) is 16.3. The molecule has 0 heterocycles. The van der Waals surface area contributed by atoms with E-state index >= 15 is 0 Å². The number of carbonyl (C=O) groups is 1.